The lowest BCUT2D eigenvalue weighted by Crippen LogP contribution is -2.30. The molecule has 0 radical (unpaired) electrons. The van der Waals surface area contributed by atoms with Crippen molar-refractivity contribution in [2.75, 3.05) is 6.54 Å². The molecule has 1 aliphatic rings. The van der Waals surface area contributed by atoms with E-state index in [1.54, 1.807) is 0 Å². The number of hydrogen-bond donors (Lipinski definition) is 0. The molecule has 134 valence electrons. The topological polar surface area (TPSA) is 29.0 Å². The van der Waals surface area contributed by atoms with E-state index >= 15 is 0 Å². The van der Waals surface area contributed by atoms with Crippen LogP contribution in [0.3, 0.4) is 0 Å². The summed E-state index contributed by atoms with van der Waals surface area (Å²) in [5, 5.41) is 2.06. The third kappa shape index (κ3) is 3.48. The highest BCUT2D eigenvalue weighted by atomic mass is 35.5. The number of aromatic nitrogens is 2. The van der Waals surface area contributed by atoms with E-state index in [9.17, 15) is 0 Å². The van der Waals surface area contributed by atoms with Crippen LogP contribution in [-0.2, 0) is 19.5 Å². The van der Waals surface area contributed by atoms with Crippen LogP contribution in [0.4, 0.5) is 0 Å². The van der Waals surface area contributed by atoms with Crippen molar-refractivity contribution >= 4 is 33.0 Å². The second kappa shape index (κ2) is 7.04. The molecule has 2 aromatic carbocycles. The van der Waals surface area contributed by atoms with Gasteiger partial charge in [-0.1, -0.05) is 29.8 Å². The Morgan fingerprint density at radius 3 is 2.78 bits per heavy atom. The van der Waals surface area contributed by atoms with E-state index in [0.29, 0.717) is 0 Å². The van der Waals surface area contributed by atoms with Crippen LogP contribution in [0.1, 0.15) is 16.1 Å². The fourth-order valence-electron chi connectivity index (χ4n) is 3.57. The zero-order chi connectivity index (χ0) is 18.2. The van der Waals surface area contributed by atoms with Gasteiger partial charge in [-0.25, -0.2) is 9.97 Å². The lowest BCUT2D eigenvalue weighted by Gasteiger charge is -2.27. The number of benzene rings is 2. The van der Waals surface area contributed by atoms with Gasteiger partial charge in [0.2, 0.25) is 0 Å². The molecule has 5 heteroatoms. The quantitative estimate of drug-likeness (QED) is 0.457. The smallest absolute Gasteiger partial charge is 0.159 e. The molecule has 3 heterocycles. The molecule has 27 heavy (non-hydrogen) atoms. The fraction of sp³-hybridized carbons (Fsp3) is 0.182. The first kappa shape index (κ1) is 16.9. The van der Waals surface area contributed by atoms with E-state index in [2.05, 4.69) is 40.2 Å². The Morgan fingerprint density at radius 1 is 1.07 bits per heavy atom. The lowest BCUT2D eigenvalue weighted by molar-refractivity contribution is 0.243. The third-order valence-electron chi connectivity index (χ3n) is 4.98. The summed E-state index contributed by atoms with van der Waals surface area (Å²) in [5.41, 5.74) is 3.41. The van der Waals surface area contributed by atoms with Crippen molar-refractivity contribution in [2.45, 2.75) is 19.5 Å². The summed E-state index contributed by atoms with van der Waals surface area (Å²) < 4.78 is 1.36. The molecule has 0 amide bonds. The highest BCUT2D eigenvalue weighted by molar-refractivity contribution is 7.19. The average molecular weight is 392 g/mol. The van der Waals surface area contributed by atoms with Crippen molar-refractivity contribution in [3.63, 3.8) is 0 Å². The molecule has 0 fully saturated rings. The highest BCUT2D eigenvalue weighted by Gasteiger charge is 2.19. The van der Waals surface area contributed by atoms with Gasteiger partial charge in [0.25, 0.3) is 0 Å². The van der Waals surface area contributed by atoms with E-state index in [1.807, 2.05) is 41.8 Å². The fourth-order valence-corrected chi connectivity index (χ4v) is 4.80. The Balaban J connectivity index is 1.38. The zero-order valence-corrected chi connectivity index (χ0v) is 16.3. The van der Waals surface area contributed by atoms with Crippen LogP contribution in [0.25, 0.3) is 21.5 Å². The Hall–Kier alpha value is -2.27. The minimum absolute atomic E-state index is 0.728. The predicted octanol–water partition coefficient (Wildman–Crippen LogP) is 5.57. The molecule has 0 N–H and O–H groups in total. The Labute approximate surface area is 167 Å². The molecule has 0 atom stereocenters. The number of nitrogens with zero attached hydrogens (tertiary/aromatic N) is 3. The van der Waals surface area contributed by atoms with Crippen LogP contribution in [0.5, 0.6) is 0 Å². The van der Waals surface area contributed by atoms with Gasteiger partial charge in [-0.05, 0) is 53.8 Å². The first-order chi connectivity index (χ1) is 13.2. The minimum Gasteiger partial charge on any atom is -0.292 e. The first-order valence-electron chi connectivity index (χ1n) is 9.05. The molecule has 0 saturated heterocycles. The number of fused-ring (bicyclic) bond motifs is 2. The average Bonchev–Trinajstić information content (AvgIpc) is 3.10. The van der Waals surface area contributed by atoms with Crippen LogP contribution < -0.4 is 0 Å². The van der Waals surface area contributed by atoms with E-state index in [0.717, 1.165) is 48.2 Å². The summed E-state index contributed by atoms with van der Waals surface area (Å²) in [5.74, 6) is 0.772. The summed E-state index contributed by atoms with van der Waals surface area (Å²) in [6.45, 7) is 2.89. The SMILES string of the molecule is Clc1ccc(-c2ncc3c(n2)CN(Cc2cc4ccccc4s2)CC3)cc1. The van der Waals surface area contributed by atoms with Gasteiger partial charge in [0, 0.05) is 46.0 Å². The van der Waals surface area contributed by atoms with Crippen LogP contribution in [0.15, 0.2) is 60.8 Å². The maximum atomic E-state index is 5.99. The highest BCUT2D eigenvalue weighted by Crippen LogP contribution is 2.28. The van der Waals surface area contributed by atoms with Crippen LogP contribution in [0.2, 0.25) is 5.02 Å². The standard InChI is InChI=1S/C22H18ClN3S/c23-18-7-5-15(6-8-18)22-24-12-17-9-10-26(14-20(17)25-22)13-19-11-16-3-1-2-4-21(16)27-19/h1-8,11-12H,9-10,13-14H2. The van der Waals surface area contributed by atoms with Crippen LogP contribution in [0, 0.1) is 0 Å². The van der Waals surface area contributed by atoms with Crippen LogP contribution in [-0.4, -0.2) is 21.4 Å². The second-order valence-corrected chi connectivity index (χ2v) is 8.49. The molecule has 1 aliphatic heterocycles. The summed E-state index contributed by atoms with van der Waals surface area (Å²) in [6, 6.07) is 18.6. The molecular weight excluding hydrogens is 374 g/mol. The molecule has 0 bridgehead atoms. The third-order valence-corrected chi connectivity index (χ3v) is 6.34. The van der Waals surface area contributed by atoms with Gasteiger partial charge in [0.1, 0.15) is 0 Å². The number of rotatable bonds is 3. The first-order valence-corrected chi connectivity index (χ1v) is 10.2. The maximum Gasteiger partial charge on any atom is 0.159 e. The zero-order valence-electron chi connectivity index (χ0n) is 14.7. The van der Waals surface area contributed by atoms with Crippen molar-refractivity contribution < 1.29 is 0 Å². The monoisotopic (exact) mass is 391 g/mol. The van der Waals surface area contributed by atoms with Gasteiger partial charge >= 0.3 is 0 Å². The Kier molecular flexibility index (Phi) is 4.40. The Bertz CT molecular complexity index is 1070. The lowest BCUT2D eigenvalue weighted by atomic mass is 10.1. The second-order valence-electron chi connectivity index (χ2n) is 6.88. The van der Waals surface area contributed by atoms with Gasteiger partial charge in [-0.15, -0.1) is 11.3 Å². The molecule has 4 aromatic rings. The maximum absolute atomic E-state index is 5.99. The van der Waals surface area contributed by atoms with Crippen molar-refractivity contribution in [1.82, 2.24) is 14.9 Å². The van der Waals surface area contributed by atoms with E-state index in [4.69, 9.17) is 16.6 Å². The largest absolute Gasteiger partial charge is 0.292 e. The van der Waals surface area contributed by atoms with Crippen LogP contribution >= 0.6 is 22.9 Å². The molecule has 2 aromatic heterocycles. The van der Waals surface area contributed by atoms with Gasteiger partial charge in [0.05, 0.1) is 5.69 Å². The molecule has 0 spiro atoms. The van der Waals surface area contributed by atoms with Gasteiger partial charge in [-0.3, -0.25) is 4.90 Å². The van der Waals surface area contributed by atoms with Crippen molar-refractivity contribution in [3.8, 4) is 11.4 Å². The molecule has 0 unspecified atom stereocenters. The molecule has 0 saturated carbocycles. The predicted molar refractivity (Wildman–Crippen MR) is 112 cm³/mol. The molecule has 0 aliphatic carbocycles. The molecule has 3 nitrogen and oxygen atoms in total. The summed E-state index contributed by atoms with van der Waals surface area (Å²) in [4.78, 5) is 13.3. The summed E-state index contributed by atoms with van der Waals surface area (Å²) in [7, 11) is 0. The van der Waals surface area contributed by atoms with Gasteiger partial charge in [0.15, 0.2) is 5.82 Å². The summed E-state index contributed by atoms with van der Waals surface area (Å²) >= 11 is 7.88. The number of halogens is 1. The summed E-state index contributed by atoms with van der Waals surface area (Å²) in [6.07, 6.45) is 2.99. The molecule has 5 rings (SSSR count). The molecular formula is C22H18ClN3S. The van der Waals surface area contributed by atoms with E-state index in [-0.39, 0.29) is 0 Å². The Morgan fingerprint density at radius 2 is 1.93 bits per heavy atom. The van der Waals surface area contributed by atoms with Crippen molar-refractivity contribution in [3.05, 3.63) is 82.0 Å². The van der Waals surface area contributed by atoms with Crippen molar-refractivity contribution in [2.24, 2.45) is 0 Å². The number of hydrogen-bond acceptors (Lipinski definition) is 4. The van der Waals surface area contributed by atoms with Crippen molar-refractivity contribution in [1.29, 1.82) is 0 Å². The van der Waals surface area contributed by atoms with E-state index in [1.165, 1.54) is 20.5 Å². The van der Waals surface area contributed by atoms with Gasteiger partial charge < -0.3 is 0 Å². The van der Waals surface area contributed by atoms with E-state index < -0.39 is 0 Å². The minimum atomic E-state index is 0.728. The number of thiophene rings is 1. The normalized spacial score (nSPS) is 14.4. The van der Waals surface area contributed by atoms with Gasteiger partial charge in [-0.2, -0.15) is 0 Å².